The third kappa shape index (κ3) is 3.56. The van der Waals surface area contributed by atoms with Crippen LogP contribution in [-0.4, -0.2) is 39.5 Å². The maximum Gasteiger partial charge on any atom is 0.311 e. The molecule has 1 aliphatic rings. The SMILES string of the molecule is O=[N+]([O-])c1cnc2c(ccn2S(=O)(=O)c2ccccc2)c1N[C@H]1CCC[C@H](O)C1. The van der Waals surface area contributed by atoms with Crippen molar-refractivity contribution >= 4 is 32.4 Å². The molecule has 0 bridgehead atoms. The van der Waals surface area contributed by atoms with Gasteiger partial charge in [0.25, 0.3) is 10.0 Å². The first-order valence-electron chi connectivity index (χ1n) is 9.27. The highest BCUT2D eigenvalue weighted by atomic mass is 32.2. The number of pyridine rings is 1. The average molecular weight is 416 g/mol. The van der Waals surface area contributed by atoms with Crippen molar-refractivity contribution in [3.8, 4) is 0 Å². The number of hydrogen-bond acceptors (Lipinski definition) is 7. The molecule has 1 saturated carbocycles. The van der Waals surface area contributed by atoms with Crippen LogP contribution in [0.4, 0.5) is 11.4 Å². The molecular formula is C19H20N4O5S. The molecule has 10 heteroatoms. The fourth-order valence-corrected chi connectivity index (χ4v) is 5.06. The van der Waals surface area contributed by atoms with Gasteiger partial charge in [-0.3, -0.25) is 10.1 Å². The number of aromatic nitrogens is 2. The van der Waals surface area contributed by atoms with Crippen LogP contribution in [0.1, 0.15) is 25.7 Å². The van der Waals surface area contributed by atoms with Crippen molar-refractivity contribution in [2.75, 3.05) is 5.32 Å². The molecule has 0 aliphatic heterocycles. The number of nitrogens with zero attached hydrogens (tertiary/aromatic N) is 3. The smallest absolute Gasteiger partial charge is 0.311 e. The van der Waals surface area contributed by atoms with Gasteiger partial charge in [0.1, 0.15) is 11.9 Å². The second-order valence-corrected chi connectivity index (χ2v) is 8.92. The van der Waals surface area contributed by atoms with Crippen LogP contribution in [-0.2, 0) is 10.0 Å². The summed E-state index contributed by atoms with van der Waals surface area (Å²) in [6.45, 7) is 0. The molecule has 2 atom stereocenters. The summed E-state index contributed by atoms with van der Waals surface area (Å²) in [6.07, 6.45) is 4.72. The summed E-state index contributed by atoms with van der Waals surface area (Å²) < 4.78 is 27.0. The van der Waals surface area contributed by atoms with Crippen molar-refractivity contribution in [3.05, 3.63) is 58.9 Å². The van der Waals surface area contributed by atoms with Crippen LogP contribution in [0.25, 0.3) is 11.0 Å². The number of rotatable bonds is 5. The van der Waals surface area contributed by atoms with Gasteiger partial charge in [0.15, 0.2) is 5.65 Å². The Morgan fingerprint density at radius 1 is 1.21 bits per heavy atom. The first-order chi connectivity index (χ1) is 13.9. The van der Waals surface area contributed by atoms with E-state index in [-0.39, 0.29) is 28.0 Å². The van der Waals surface area contributed by atoms with Crippen molar-refractivity contribution in [2.24, 2.45) is 0 Å². The predicted octanol–water partition coefficient (Wildman–Crippen LogP) is 2.90. The van der Waals surface area contributed by atoms with Gasteiger partial charge in [-0.15, -0.1) is 0 Å². The second-order valence-electron chi connectivity index (χ2n) is 7.10. The van der Waals surface area contributed by atoms with Crippen LogP contribution in [0.2, 0.25) is 0 Å². The minimum atomic E-state index is -3.90. The highest BCUT2D eigenvalue weighted by Crippen LogP contribution is 2.35. The van der Waals surface area contributed by atoms with Gasteiger partial charge >= 0.3 is 5.69 Å². The summed E-state index contributed by atoms with van der Waals surface area (Å²) in [6, 6.07) is 9.30. The molecule has 152 valence electrons. The lowest BCUT2D eigenvalue weighted by atomic mass is 9.93. The van der Waals surface area contributed by atoms with E-state index in [1.54, 1.807) is 18.2 Å². The van der Waals surface area contributed by atoms with E-state index in [9.17, 15) is 23.6 Å². The van der Waals surface area contributed by atoms with Crippen LogP contribution in [0.15, 0.2) is 53.7 Å². The van der Waals surface area contributed by atoms with Gasteiger partial charge < -0.3 is 10.4 Å². The van der Waals surface area contributed by atoms with Crippen LogP contribution < -0.4 is 5.32 Å². The zero-order chi connectivity index (χ0) is 20.6. The first-order valence-corrected chi connectivity index (χ1v) is 10.7. The van der Waals surface area contributed by atoms with Gasteiger partial charge in [0, 0.05) is 12.2 Å². The Balaban J connectivity index is 1.82. The lowest BCUT2D eigenvalue weighted by Crippen LogP contribution is -2.30. The minimum Gasteiger partial charge on any atom is -0.393 e. The Morgan fingerprint density at radius 3 is 2.66 bits per heavy atom. The third-order valence-corrected chi connectivity index (χ3v) is 6.83. The molecule has 2 N–H and O–H groups in total. The second kappa shape index (κ2) is 7.45. The number of aliphatic hydroxyl groups excluding tert-OH is 1. The number of nitro groups is 1. The largest absolute Gasteiger partial charge is 0.393 e. The molecule has 9 nitrogen and oxygen atoms in total. The number of nitrogens with one attached hydrogen (secondary N) is 1. The van der Waals surface area contributed by atoms with Gasteiger partial charge in [-0.1, -0.05) is 18.2 Å². The van der Waals surface area contributed by atoms with Crippen molar-refractivity contribution in [3.63, 3.8) is 0 Å². The zero-order valence-corrected chi connectivity index (χ0v) is 16.2. The molecule has 3 aromatic rings. The lowest BCUT2D eigenvalue weighted by Gasteiger charge is -2.27. The number of hydrogen-bond donors (Lipinski definition) is 2. The predicted molar refractivity (Wildman–Crippen MR) is 107 cm³/mol. The Morgan fingerprint density at radius 2 is 1.97 bits per heavy atom. The number of anilines is 1. The summed E-state index contributed by atoms with van der Waals surface area (Å²) in [5, 5.41) is 25.0. The zero-order valence-electron chi connectivity index (χ0n) is 15.4. The summed E-state index contributed by atoms with van der Waals surface area (Å²) >= 11 is 0. The summed E-state index contributed by atoms with van der Waals surface area (Å²) in [7, 11) is -3.90. The van der Waals surface area contributed by atoms with Gasteiger partial charge in [0.05, 0.1) is 21.3 Å². The van der Waals surface area contributed by atoms with Gasteiger partial charge in [-0.05, 0) is 43.9 Å². The highest BCUT2D eigenvalue weighted by Gasteiger charge is 2.28. The van der Waals surface area contributed by atoms with Crippen LogP contribution >= 0.6 is 0 Å². The molecule has 4 rings (SSSR count). The molecule has 2 aromatic heterocycles. The Bertz CT molecular complexity index is 1160. The van der Waals surface area contributed by atoms with Crippen LogP contribution in [0.3, 0.4) is 0 Å². The van der Waals surface area contributed by atoms with Gasteiger partial charge in [-0.2, -0.15) is 0 Å². The molecule has 1 aromatic carbocycles. The van der Waals surface area contributed by atoms with Crippen molar-refractivity contribution < 1.29 is 18.4 Å². The quantitative estimate of drug-likeness (QED) is 0.483. The van der Waals surface area contributed by atoms with E-state index < -0.39 is 21.1 Å². The van der Waals surface area contributed by atoms with Crippen LogP contribution in [0, 0.1) is 10.1 Å². The molecule has 0 spiro atoms. The van der Waals surface area contributed by atoms with Crippen molar-refractivity contribution in [1.82, 2.24) is 8.96 Å². The van der Waals surface area contributed by atoms with E-state index in [1.165, 1.54) is 24.4 Å². The van der Waals surface area contributed by atoms with Crippen molar-refractivity contribution in [2.45, 2.75) is 42.7 Å². The maximum absolute atomic E-state index is 13.0. The van der Waals surface area contributed by atoms with E-state index in [4.69, 9.17) is 0 Å². The van der Waals surface area contributed by atoms with Gasteiger partial charge in [0.2, 0.25) is 0 Å². The molecule has 0 radical (unpaired) electrons. The third-order valence-electron chi connectivity index (χ3n) is 5.15. The molecule has 0 unspecified atom stereocenters. The Kier molecular flexibility index (Phi) is 4.97. The van der Waals surface area contributed by atoms with Crippen molar-refractivity contribution in [1.29, 1.82) is 0 Å². The molecule has 0 amide bonds. The van der Waals surface area contributed by atoms with E-state index in [0.717, 1.165) is 23.0 Å². The maximum atomic E-state index is 13.0. The van der Waals surface area contributed by atoms with Gasteiger partial charge in [-0.25, -0.2) is 17.4 Å². The molecule has 1 aliphatic carbocycles. The normalized spacial score (nSPS) is 19.9. The first kappa shape index (κ1) is 19.3. The highest BCUT2D eigenvalue weighted by molar-refractivity contribution is 7.90. The van der Waals surface area contributed by atoms with Crippen LogP contribution in [0.5, 0.6) is 0 Å². The number of aliphatic hydroxyl groups is 1. The standard InChI is InChI=1S/C19H20N4O5S/c24-14-6-4-5-13(11-14)21-18-16-9-10-22(19(16)20-12-17(18)23(25)26)29(27,28)15-7-2-1-3-8-15/h1-3,7-10,12-14,24H,4-6,11H2,(H,20,21)/t13-,14-/m0/s1. The lowest BCUT2D eigenvalue weighted by molar-refractivity contribution is -0.384. The molecule has 1 fully saturated rings. The number of benzene rings is 1. The summed E-state index contributed by atoms with van der Waals surface area (Å²) in [4.78, 5) is 15.2. The molecular weight excluding hydrogens is 396 g/mol. The fraction of sp³-hybridized carbons (Fsp3) is 0.316. The molecule has 29 heavy (non-hydrogen) atoms. The molecule has 0 saturated heterocycles. The minimum absolute atomic E-state index is 0.0996. The van der Waals surface area contributed by atoms with E-state index in [0.29, 0.717) is 18.2 Å². The van der Waals surface area contributed by atoms with E-state index >= 15 is 0 Å². The molecule has 2 heterocycles. The Labute approximate surface area is 167 Å². The summed E-state index contributed by atoms with van der Waals surface area (Å²) in [5.41, 5.74) is 0.104. The van der Waals surface area contributed by atoms with E-state index in [2.05, 4.69) is 10.3 Å². The summed E-state index contributed by atoms with van der Waals surface area (Å²) in [5.74, 6) is 0. The Hall–Kier alpha value is -2.98. The topological polar surface area (TPSA) is 127 Å². The fourth-order valence-electron chi connectivity index (χ4n) is 3.74. The monoisotopic (exact) mass is 416 g/mol. The number of fused-ring (bicyclic) bond motifs is 1. The average Bonchev–Trinajstić information content (AvgIpc) is 3.14. The van der Waals surface area contributed by atoms with E-state index in [1.807, 2.05) is 0 Å².